The molecule has 1 atom stereocenters. The van der Waals surface area contributed by atoms with Gasteiger partial charge in [0.25, 0.3) is 0 Å². The molecule has 4 nitrogen and oxygen atoms in total. The van der Waals surface area contributed by atoms with Crippen LogP contribution in [-0.4, -0.2) is 49.4 Å². The summed E-state index contributed by atoms with van der Waals surface area (Å²) in [7, 11) is 4.19. The zero-order valence-corrected chi connectivity index (χ0v) is 15.4. The van der Waals surface area contributed by atoms with Crippen LogP contribution < -0.4 is 4.90 Å². The van der Waals surface area contributed by atoms with Gasteiger partial charge in [-0.2, -0.15) is 0 Å². The van der Waals surface area contributed by atoms with Crippen LogP contribution in [0.4, 0.5) is 5.69 Å². The zero-order chi connectivity index (χ0) is 17.8. The first-order chi connectivity index (χ1) is 12.0. The quantitative estimate of drug-likeness (QED) is 0.838. The van der Waals surface area contributed by atoms with Crippen molar-refractivity contribution in [2.45, 2.75) is 19.5 Å². The normalized spacial score (nSPS) is 17.1. The van der Waals surface area contributed by atoms with Crippen molar-refractivity contribution in [3.05, 3.63) is 65.7 Å². The fourth-order valence-corrected chi connectivity index (χ4v) is 3.20. The largest absolute Gasteiger partial charge is 0.310 e. The van der Waals surface area contributed by atoms with Crippen LogP contribution in [0.2, 0.25) is 0 Å². The predicted octanol–water partition coefficient (Wildman–Crippen LogP) is 3.16. The Kier molecular flexibility index (Phi) is 5.51. The average molecular weight is 337 g/mol. The summed E-state index contributed by atoms with van der Waals surface area (Å²) in [5.41, 5.74) is 3.57. The minimum atomic E-state index is 0.176. The lowest BCUT2D eigenvalue weighted by Crippen LogP contribution is -2.50. The monoisotopic (exact) mass is 337 g/mol. The highest BCUT2D eigenvalue weighted by Gasteiger charge is 2.24. The Hall–Kier alpha value is -2.17. The number of carbonyl (C=O) groups excluding carboxylic acids is 1. The molecular weight excluding hydrogens is 310 g/mol. The van der Waals surface area contributed by atoms with E-state index in [-0.39, 0.29) is 5.91 Å². The van der Waals surface area contributed by atoms with Crippen LogP contribution >= 0.6 is 0 Å². The number of piperazine rings is 1. The summed E-state index contributed by atoms with van der Waals surface area (Å²) >= 11 is 0. The predicted molar refractivity (Wildman–Crippen MR) is 103 cm³/mol. The van der Waals surface area contributed by atoms with E-state index in [2.05, 4.69) is 55.1 Å². The van der Waals surface area contributed by atoms with Crippen molar-refractivity contribution < 1.29 is 4.79 Å². The Bertz CT molecular complexity index is 697. The molecule has 0 spiro atoms. The summed E-state index contributed by atoms with van der Waals surface area (Å²) in [6, 6.07) is 19.1. The zero-order valence-electron chi connectivity index (χ0n) is 15.4. The number of rotatable bonds is 5. The highest BCUT2D eigenvalue weighted by atomic mass is 16.2. The number of hydrogen-bond donors (Lipinski definition) is 0. The van der Waals surface area contributed by atoms with Gasteiger partial charge in [0.05, 0.1) is 6.54 Å². The van der Waals surface area contributed by atoms with E-state index in [4.69, 9.17) is 0 Å². The highest BCUT2D eigenvalue weighted by Crippen LogP contribution is 2.20. The van der Waals surface area contributed by atoms with Crippen LogP contribution in [0.25, 0.3) is 0 Å². The SMILES string of the molecule is C[C@@H](c1ccc(CN2CCN(c3ccccc3)C(=O)C2)cc1)N(C)C. The van der Waals surface area contributed by atoms with Gasteiger partial charge >= 0.3 is 0 Å². The van der Waals surface area contributed by atoms with Gasteiger partial charge in [-0.05, 0) is 44.3 Å². The molecule has 1 heterocycles. The summed E-state index contributed by atoms with van der Waals surface area (Å²) in [6.07, 6.45) is 0. The minimum absolute atomic E-state index is 0.176. The van der Waals surface area contributed by atoms with Crippen molar-refractivity contribution in [1.29, 1.82) is 0 Å². The van der Waals surface area contributed by atoms with Gasteiger partial charge in [-0.15, -0.1) is 0 Å². The van der Waals surface area contributed by atoms with Gasteiger partial charge in [-0.1, -0.05) is 42.5 Å². The number of anilines is 1. The second-order valence-electron chi connectivity index (χ2n) is 6.97. The molecule has 0 aliphatic carbocycles. The average Bonchev–Trinajstić information content (AvgIpc) is 2.62. The maximum atomic E-state index is 12.5. The Morgan fingerprint density at radius 1 is 1.00 bits per heavy atom. The molecule has 2 aromatic rings. The first-order valence-corrected chi connectivity index (χ1v) is 8.87. The van der Waals surface area contributed by atoms with E-state index < -0.39 is 0 Å². The van der Waals surface area contributed by atoms with Crippen molar-refractivity contribution >= 4 is 11.6 Å². The van der Waals surface area contributed by atoms with Crippen LogP contribution in [-0.2, 0) is 11.3 Å². The van der Waals surface area contributed by atoms with E-state index >= 15 is 0 Å². The lowest BCUT2D eigenvalue weighted by molar-refractivity contribution is -0.121. The molecule has 0 unspecified atom stereocenters. The van der Waals surface area contributed by atoms with E-state index in [1.807, 2.05) is 35.2 Å². The second-order valence-corrected chi connectivity index (χ2v) is 6.97. The maximum Gasteiger partial charge on any atom is 0.241 e. The lowest BCUT2D eigenvalue weighted by Gasteiger charge is -2.34. The van der Waals surface area contributed by atoms with Gasteiger partial charge in [0.15, 0.2) is 0 Å². The molecule has 1 saturated heterocycles. The first kappa shape index (κ1) is 17.6. The molecule has 1 amide bonds. The van der Waals surface area contributed by atoms with Crippen LogP contribution in [0.1, 0.15) is 24.1 Å². The highest BCUT2D eigenvalue weighted by molar-refractivity contribution is 5.95. The molecule has 25 heavy (non-hydrogen) atoms. The van der Waals surface area contributed by atoms with Gasteiger partial charge in [0, 0.05) is 31.4 Å². The number of hydrogen-bond acceptors (Lipinski definition) is 3. The summed E-state index contributed by atoms with van der Waals surface area (Å²) in [6.45, 7) is 5.15. The van der Waals surface area contributed by atoms with E-state index in [1.54, 1.807) is 0 Å². The Balaban J connectivity index is 1.59. The number of amides is 1. The molecule has 1 aliphatic rings. The van der Waals surface area contributed by atoms with Crippen LogP contribution in [0.5, 0.6) is 0 Å². The Morgan fingerprint density at radius 2 is 1.68 bits per heavy atom. The first-order valence-electron chi connectivity index (χ1n) is 8.87. The Labute approximate surface area is 150 Å². The number of carbonyl (C=O) groups is 1. The molecule has 0 bridgehead atoms. The maximum absolute atomic E-state index is 12.5. The van der Waals surface area contributed by atoms with Gasteiger partial charge in [0.1, 0.15) is 0 Å². The molecule has 0 saturated carbocycles. The van der Waals surface area contributed by atoms with E-state index in [1.165, 1.54) is 11.1 Å². The van der Waals surface area contributed by atoms with Gasteiger partial charge in [-0.25, -0.2) is 0 Å². The van der Waals surface area contributed by atoms with Crippen LogP contribution in [0.15, 0.2) is 54.6 Å². The minimum Gasteiger partial charge on any atom is -0.310 e. The van der Waals surface area contributed by atoms with Crippen molar-refractivity contribution in [3.8, 4) is 0 Å². The molecule has 132 valence electrons. The fraction of sp³-hybridized carbons (Fsp3) is 0.381. The molecular formula is C21H27N3O. The summed E-state index contributed by atoms with van der Waals surface area (Å²) in [5.74, 6) is 0.176. The van der Waals surface area contributed by atoms with E-state index in [0.29, 0.717) is 12.6 Å². The van der Waals surface area contributed by atoms with E-state index in [9.17, 15) is 4.79 Å². The van der Waals surface area contributed by atoms with E-state index in [0.717, 1.165) is 25.3 Å². The van der Waals surface area contributed by atoms with Crippen molar-refractivity contribution in [2.75, 3.05) is 38.6 Å². The third-order valence-electron chi connectivity index (χ3n) is 5.01. The molecule has 1 fully saturated rings. The third-order valence-corrected chi connectivity index (χ3v) is 5.01. The molecule has 0 aromatic heterocycles. The lowest BCUT2D eigenvalue weighted by atomic mass is 10.0. The molecule has 0 N–H and O–H groups in total. The standard InChI is InChI=1S/C21H27N3O/c1-17(22(2)3)19-11-9-18(10-12-19)15-23-13-14-24(21(25)16-23)20-7-5-4-6-8-20/h4-12,17H,13-16H2,1-3H3/t17-/m0/s1. The molecule has 0 radical (unpaired) electrons. The molecule has 2 aromatic carbocycles. The van der Waals surface area contributed by atoms with Gasteiger partial charge in [-0.3, -0.25) is 9.69 Å². The van der Waals surface area contributed by atoms with Crippen molar-refractivity contribution in [3.63, 3.8) is 0 Å². The molecule has 4 heteroatoms. The third kappa shape index (κ3) is 4.27. The molecule has 1 aliphatic heterocycles. The number of benzene rings is 2. The number of para-hydroxylation sites is 1. The Morgan fingerprint density at radius 3 is 2.28 bits per heavy atom. The summed E-state index contributed by atoms with van der Waals surface area (Å²) in [5, 5.41) is 0. The summed E-state index contributed by atoms with van der Waals surface area (Å²) < 4.78 is 0. The van der Waals surface area contributed by atoms with Crippen molar-refractivity contribution in [1.82, 2.24) is 9.80 Å². The van der Waals surface area contributed by atoms with Crippen LogP contribution in [0, 0.1) is 0 Å². The fourth-order valence-electron chi connectivity index (χ4n) is 3.20. The second kappa shape index (κ2) is 7.81. The van der Waals surface area contributed by atoms with Gasteiger partial charge < -0.3 is 9.80 Å². The topological polar surface area (TPSA) is 26.8 Å². The van der Waals surface area contributed by atoms with Crippen LogP contribution in [0.3, 0.4) is 0 Å². The van der Waals surface area contributed by atoms with Crippen molar-refractivity contribution in [2.24, 2.45) is 0 Å². The number of nitrogens with zero attached hydrogens (tertiary/aromatic N) is 3. The molecule has 3 rings (SSSR count). The van der Waals surface area contributed by atoms with Gasteiger partial charge in [0.2, 0.25) is 5.91 Å². The smallest absolute Gasteiger partial charge is 0.241 e. The summed E-state index contributed by atoms with van der Waals surface area (Å²) in [4.78, 5) is 18.8.